The average molecular weight is 535 g/mol. The van der Waals surface area contributed by atoms with Crippen molar-refractivity contribution in [1.82, 2.24) is 9.80 Å². The molecular weight excluding hydrogens is 502 g/mol. The number of methoxy groups -OCH3 is 3. The fraction of sp³-hybridized carbons (Fsp3) is 0.258. The molecule has 6 nitrogen and oxygen atoms in total. The van der Waals surface area contributed by atoms with Crippen LogP contribution in [0.5, 0.6) is 17.2 Å². The van der Waals surface area contributed by atoms with E-state index in [2.05, 4.69) is 4.90 Å². The maximum Gasteiger partial charge on any atom is 0.246 e. The Balaban J connectivity index is 1.41. The summed E-state index contributed by atoms with van der Waals surface area (Å²) in [7, 11) is 4.67. The molecule has 1 fully saturated rings. The van der Waals surface area contributed by atoms with Crippen molar-refractivity contribution in [3.8, 4) is 17.2 Å². The van der Waals surface area contributed by atoms with Gasteiger partial charge in [-0.1, -0.05) is 42.5 Å². The SMILES string of the molecule is COc1ccc(C=CC=CC(=O)N2CCN(C(c3ccc(F)cc3)c3ccc(F)cc3)CC2)c(OC)c1OC. The van der Waals surface area contributed by atoms with Crippen LogP contribution < -0.4 is 14.2 Å². The molecule has 4 rings (SSSR count). The van der Waals surface area contributed by atoms with E-state index in [9.17, 15) is 13.6 Å². The zero-order chi connectivity index (χ0) is 27.8. The molecule has 204 valence electrons. The third kappa shape index (κ3) is 6.64. The van der Waals surface area contributed by atoms with E-state index in [0.29, 0.717) is 43.4 Å². The summed E-state index contributed by atoms with van der Waals surface area (Å²) in [4.78, 5) is 16.9. The van der Waals surface area contributed by atoms with Gasteiger partial charge in [-0.15, -0.1) is 0 Å². The van der Waals surface area contributed by atoms with E-state index in [1.807, 2.05) is 12.1 Å². The number of amides is 1. The molecule has 39 heavy (non-hydrogen) atoms. The highest BCUT2D eigenvalue weighted by Gasteiger charge is 2.27. The molecule has 0 radical (unpaired) electrons. The van der Waals surface area contributed by atoms with Crippen molar-refractivity contribution in [2.45, 2.75) is 6.04 Å². The van der Waals surface area contributed by atoms with E-state index in [4.69, 9.17) is 14.2 Å². The van der Waals surface area contributed by atoms with Gasteiger partial charge in [0.2, 0.25) is 11.7 Å². The van der Waals surface area contributed by atoms with Crippen molar-refractivity contribution in [3.05, 3.63) is 107 Å². The average Bonchev–Trinajstić information content (AvgIpc) is 2.97. The van der Waals surface area contributed by atoms with Gasteiger partial charge in [-0.25, -0.2) is 8.78 Å². The van der Waals surface area contributed by atoms with Gasteiger partial charge >= 0.3 is 0 Å². The number of piperazine rings is 1. The second-order valence-corrected chi connectivity index (χ2v) is 9.01. The number of ether oxygens (including phenoxy) is 3. The lowest BCUT2D eigenvalue weighted by Crippen LogP contribution is -2.49. The first kappa shape index (κ1) is 27.9. The van der Waals surface area contributed by atoms with Crippen molar-refractivity contribution in [2.75, 3.05) is 47.5 Å². The number of allylic oxidation sites excluding steroid dienone is 2. The lowest BCUT2D eigenvalue weighted by molar-refractivity contribution is -0.127. The standard InChI is InChI=1S/C31H32F2N2O4/c1-37-27-17-12-24(30(38-2)31(27)39-3)6-4-5-7-28(36)34-18-20-35(21-19-34)29(22-8-13-25(32)14-9-22)23-10-15-26(33)16-11-23/h4-17,29H,18-21H2,1-3H3. The summed E-state index contributed by atoms with van der Waals surface area (Å²) >= 11 is 0. The predicted octanol–water partition coefficient (Wildman–Crippen LogP) is 5.49. The monoisotopic (exact) mass is 534 g/mol. The van der Waals surface area contributed by atoms with Crippen LogP contribution in [-0.4, -0.2) is 63.2 Å². The largest absolute Gasteiger partial charge is 0.493 e. The lowest BCUT2D eigenvalue weighted by atomic mass is 9.96. The van der Waals surface area contributed by atoms with Gasteiger partial charge < -0.3 is 19.1 Å². The number of benzene rings is 3. The molecule has 3 aromatic rings. The van der Waals surface area contributed by atoms with Crippen molar-refractivity contribution in [2.24, 2.45) is 0 Å². The van der Waals surface area contributed by atoms with Gasteiger partial charge in [-0.2, -0.15) is 0 Å². The molecule has 0 aliphatic carbocycles. The first-order valence-corrected chi connectivity index (χ1v) is 12.6. The topological polar surface area (TPSA) is 51.2 Å². The Hall–Kier alpha value is -4.17. The lowest BCUT2D eigenvalue weighted by Gasteiger charge is -2.39. The minimum absolute atomic E-state index is 0.0845. The molecule has 1 aliphatic heterocycles. The fourth-order valence-corrected chi connectivity index (χ4v) is 4.76. The maximum absolute atomic E-state index is 13.6. The quantitative estimate of drug-likeness (QED) is 0.268. The number of hydrogen-bond acceptors (Lipinski definition) is 5. The fourth-order valence-electron chi connectivity index (χ4n) is 4.76. The molecule has 1 amide bonds. The summed E-state index contributed by atoms with van der Waals surface area (Å²) in [5.74, 6) is 0.909. The van der Waals surface area contributed by atoms with E-state index < -0.39 is 0 Å². The van der Waals surface area contributed by atoms with Crippen LogP contribution in [-0.2, 0) is 4.79 Å². The first-order valence-electron chi connectivity index (χ1n) is 12.6. The smallest absolute Gasteiger partial charge is 0.246 e. The Morgan fingerprint density at radius 3 is 1.82 bits per heavy atom. The van der Waals surface area contributed by atoms with E-state index in [1.54, 1.807) is 68.7 Å². The molecular formula is C31H32F2N2O4. The molecule has 0 bridgehead atoms. The highest BCUT2D eigenvalue weighted by Crippen LogP contribution is 2.40. The summed E-state index contributed by atoms with van der Waals surface area (Å²) in [6, 6.07) is 16.2. The van der Waals surface area contributed by atoms with Gasteiger partial charge in [0.15, 0.2) is 11.5 Å². The molecule has 0 atom stereocenters. The number of halogens is 2. The maximum atomic E-state index is 13.6. The second kappa shape index (κ2) is 13.1. The Morgan fingerprint density at radius 2 is 1.31 bits per heavy atom. The zero-order valence-electron chi connectivity index (χ0n) is 22.3. The van der Waals surface area contributed by atoms with Crippen LogP contribution in [0.3, 0.4) is 0 Å². The van der Waals surface area contributed by atoms with Crippen LogP contribution in [0.15, 0.2) is 78.9 Å². The van der Waals surface area contributed by atoms with Gasteiger partial charge in [0.1, 0.15) is 11.6 Å². The third-order valence-electron chi connectivity index (χ3n) is 6.72. The van der Waals surface area contributed by atoms with Crippen LogP contribution in [0.4, 0.5) is 8.78 Å². The Morgan fingerprint density at radius 1 is 0.744 bits per heavy atom. The highest BCUT2D eigenvalue weighted by atomic mass is 19.1. The molecule has 8 heteroatoms. The molecule has 1 heterocycles. The van der Waals surface area contributed by atoms with Crippen molar-refractivity contribution in [1.29, 1.82) is 0 Å². The Kier molecular flexibility index (Phi) is 9.33. The summed E-state index contributed by atoms with van der Waals surface area (Å²) in [6.45, 7) is 2.32. The predicted molar refractivity (Wildman–Crippen MR) is 147 cm³/mol. The molecule has 0 N–H and O–H groups in total. The van der Waals surface area contributed by atoms with E-state index >= 15 is 0 Å². The van der Waals surface area contributed by atoms with E-state index in [1.165, 1.54) is 30.3 Å². The minimum Gasteiger partial charge on any atom is -0.493 e. The summed E-state index contributed by atoms with van der Waals surface area (Å²) in [5, 5.41) is 0. The van der Waals surface area contributed by atoms with Crippen LogP contribution in [0.1, 0.15) is 22.7 Å². The van der Waals surface area contributed by atoms with E-state index in [0.717, 1.165) is 16.7 Å². The number of carbonyl (C=O) groups is 1. The van der Waals surface area contributed by atoms with Gasteiger partial charge in [0.05, 0.1) is 27.4 Å². The number of rotatable bonds is 9. The van der Waals surface area contributed by atoms with Crippen molar-refractivity contribution < 1.29 is 27.8 Å². The van der Waals surface area contributed by atoms with Gasteiger partial charge in [0, 0.05) is 37.8 Å². The molecule has 0 unspecified atom stereocenters. The van der Waals surface area contributed by atoms with Crippen LogP contribution in [0, 0.1) is 11.6 Å². The van der Waals surface area contributed by atoms with Gasteiger partial charge in [0.25, 0.3) is 0 Å². The number of nitrogens with zero attached hydrogens (tertiary/aromatic N) is 2. The molecule has 1 aliphatic rings. The summed E-state index contributed by atoms with van der Waals surface area (Å²) in [6.07, 6.45) is 6.84. The van der Waals surface area contributed by atoms with Crippen LogP contribution in [0.25, 0.3) is 6.08 Å². The second-order valence-electron chi connectivity index (χ2n) is 9.01. The third-order valence-corrected chi connectivity index (χ3v) is 6.72. The summed E-state index contributed by atoms with van der Waals surface area (Å²) < 4.78 is 43.4. The van der Waals surface area contributed by atoms with Crippen molar-refractivity contribution in [3.63, 3.8) is 0 Å². The normalized spacial score (nSPS) is 14.4. The Labute approximate surface area is 227 Å². The Bertz CT molecular complexity index is 1270. The first-order chi connectivity index (χ1) is 18.9. The molecule has 3 aromatic carbocycles. The molecule has 1 saturated heterocycles. The van der Waals surface area contributed by atoms with Crippen LogP contribution >= 0.6 is 0 Å². The minimum atomic E-state index is -0.308. The van der Waals surface area contributed by atoms with Gasteiger partial charge in [-0.3, -0.25) is 9.69 Å². The highest BCUT2D eigenvalue weighted by molar-refractivity contribution is 5.88. The van der Waals surface area contributed by atoms with Gasteiger partial charge in [-0.05, 0) is 47.5 Å². The molecule has 0 saturated carbocycles. The molecule has 0 aromatic heterocycles. The zero-order valence-corrected chi connectivity index (χ0v) is 22.3. The molecule has 0 spiro atoms. The summed E-state index contributed by atoms with van der Waals surface area (Å²) in [5.41, 5.74) is 2.62. The number of hydrogen-bond donors (Lipinski definition) is 0. The van der Waals surface area contributed by atoms with E-state index in [-0.39, 0.29) is 23.6 Å². The number of carbonyl (C=O) groups excluding carboxylic acids is 1. The van der Waals surface area contributed by atoms with Crippen LogP contribution in [0.2, 0.25) is 0 Å². The van der Waals surface area contributed by atoms with Crippen molar-refractivity contribution >= 4 is 12.0 Å².